The Labute approximate surface area is 161 Å². The molecule has 4 aromatic rings. The van der Waals surface area contributed by atoms with Crippen molar-refractivity contribution in [3.63, 3.8) is 0 Å². The second-order valence-electron chi connectivity index (χ2n) is 7.17. The molecule has 0 aliphatic carbocycles. The highest BCUT2D eigenvalue weighted by molar-refractivity contribution is 5.98. The number of aryl methyl sites for hydroxylation is 1. The van der Waals surface area contributed by atoms with E-state index >= 15 is 0 Å². The Morgan fingerprint density at radius 3 is 2.75 bits per heavy atom. The maximum atomic E-state index is 13.4. The smallest absolute Gasteiger partial charge is 0.275 e. The summed E-state index contributed by atoms with van der Waals surface area (Å²) in [5, 5.41) is 8.31. The average molecular weight is 374 g/mol. The number of carbonyl (C=O) groups is 1. The quantitative estimate of drug-likeness (QED) is 0.564. The van der Waals surface area contributed by atoms with Crippen LogP contribution in [0, 0.1) is 12.7 Å². The Bertz CT molecular complexity index is 1170. The van der Waals surface area contributed by atoms with Crippen molar-refractivity contribution in [3.05, 3.63) is 88.6 Å². The lowest BCUT2D eigenvalue weighted by Gasteiger charge is -2.26. The molecule has 0 saturated carbocycles. The van der Waals surface area contributed by atoms with Gasteiger partial charge in [-0.15, -0.1) is 0 Å². The zero-order chi connectivity index (χ0) is 19.3. The first kappa shape index (κ1) is 16.7. The molecule has 1 aliphatic rings. The summed E-state index contributed by atoms with van der Waals surface area (Å²) in [4.78, 5) is 18.2. The van der Waals surface area contributed by atoms with Crippen LogP contribution in [0.4, 0.5) is 4.39 Å². The number of aromatic nitrogens is 3. The molecule has 1 amide bonds. The number of rotatable bonds is 4. The Morgan fingerprint density at radius 2 is 1.93 bits per heavy atom. The lowest BCUT2D eigenvalue weighted by Crippen LogP contribution is -2.31. The zero-order valence-electron chi connectivity index (χ0n) is 15.4. The van der Waals surface area contributed by atoms with Gasteiger partial charge in [-0.05, 0) is 42.7 Å². The van der Waals surface area contributed by atoms with Gasteiger partial charge in [-0.25, -0.2) is 4.39 Å². The number of fused-ring (bicyclic) bond motifs is 2. The molecule has 0 saturated heterocycles. The first-order chi connectivity index (χ1) is 13.6. The molecule has 28 heavy (non-hydrogen) atoms. The van der Waals surface area contributed by atoms with E-state index in [9.17, 15) is 9.18 Å². The number of H-pyrrole nitrogens is 2. The predicted octanol–water partition coefficient (Wildman–Crippen LogP) is 4.13. The molecule has 2 N–H and O–H groups in total. The van der Waals surface area contributed by atoms with Gasteiger partial charge in [0.2, 0.25) is 0 Å². The number of carbonyl (C=O) groups excluding carboxylic acids is 1. The fraction of sp³-hybridized carbons (Fsp3) is 0.182. The van der Waals surface area contributed by atoms with Gasteiger partial charge < -0.3 is 9.88 Å². The Kier molecular flexibility index (Phi) is 3.79. The van der Waals surface area contributed by atoms with E-state index in [0.717, 1.165) is 28.8 Å². The number of aromatic amines is 2. The summed E-state index contributed by atoms with van der Waals surface area (Å²) < 4.78 is 13.4. The van der Waals surface area contributed by atoms with Crippen LogP contribution in [0.2, 0.25) is 0 Å². The van der Waals surface area contributed by atoms with E-state index in [1.807, 2.05) is 36.2 Å². The lowest BCUT2D eigenvalue weighted by molar-refractivity contribution is 0.0745. The van der Waals surface area contributed by atoms with Crippen molar-refractivity contribution in [1.29, 1.82) is 0 Å². The minimum absolute atomic E-state index is 0.0893. The SMILES string of the molecule is Cc1[nH]nc2c1[C@H](c1ccc(F)cc1)N(CCc1c[nH]c3ccccc13)C2=O. The van der Waals surface area contributed by atoms with Crippen molar-refractivity contribution in [1.82, 2.24) is 20.1 Å². The molecular weight excluding hydrogens is 355 g/mol. The topological polar surface area (TPSA) is 64.8 Å². The number of halogens is 1. The van der Waals surface area contributed by atoms with Crippen LogP contribution in [0.5, 0.6) is 0 Å². The highest BCUT2D eigenvalue weighted by atomic mass is 19.1. The first-order valence-corrected chi connectivity index (χ1v) is 9.30. The van der Waals surface area contributed by atoms with Gasteiger partial charge >= 0.3 is 0 Å². The lowest BCUT2D eigenvalue weighted by atomic mass is 9.99. The molecule has 140 valence electrons. The number of amides is 1. The third-order valence-corrected chi connectivity index (χ3v) is 5.53. The summed E-state index contributed by atoms with van der Waals surface area (Å²) in [6, 6.07) is 14.2. The van der Waals surface area contributed by atoms with Crippen molar-refractivity contribution < 1.29 is 9.18 Å². The molecule has 5 rings (SSSR count). The minimum atomic E-state index is -0.289. The van der Waals surface area contributed by atoms with Crippen molar-refractivity contribution >= 4 is 16.8 Å². The fourth-order valence-electron chi connectivity index (χ4n) is 4.15. The summed E-state index contributed by atoms with van der Waals surface area (Å²) in [6.45, 7) is 2.47. The first-order valence-electron chi connectivity index (χ1n) is 9.30. The summed E-state index contributed by atoms with van der Waals surface area (Å²) in [5.41, 5.74) is 5.36. The van der Waals surface area contributed by atoms with Gasteiger partial charge in [0, 0.05) is 34.9 Å². The molecule has 6 heteroatoms. The van der Waals surface area contributed by atoms with Gasteiger partial charge in [0.05, 0.1) is 6.04 Å². The van der Waals surface area contributed by atoms with Crippen LogP contribution in [0.25, 0.3) is 10.9 Å². The molecule has 0 unspecified atom stereocenters. The molecule has 5 nitrogen and oxygen atoms in total. The van der Waals surface area contributed by atoms with E-state index in [1.54, 1.807) is 12.1 Å². The van der Waals surface area contributed by atoms with Crippen molar-refractivity contribution in [3.8, 4) is 0 Å². The van der Waals surface area contributed by atoms with Crippen LogP contribution in [-0.2, 0) is 6.42 Å². The van der Waals surface area contributed by atoms with E-state index in [2.05, 4.69) is 21.2 Å². The Morgan fingerprint density at radius 1 is 1.14 bits per heavy atom. The molecule has 1 atom stereocenters. The van der Waals surface area contributed by atoms with Crippen molar-refractivity contribution in [2.75, 3.05) is 6.54 Å². The molecule has 0 spiro atoms. The zero-order valence-corrected chi connectivity index (χ0v) is 15.4. The van der Waals surface area contributed by atoms with Gasteiger partial charge in [0.1, 0.15) is 5.82 Å². The number of nitrogens with zero attached hydrogens (tertiary/aromatic N) is 2. The van der Waals surface area contributed by atoms with Crippen LogP contribution in [-0.4, -0.2) is 32.5 Å². The monoisotopic (exact) mass is 374 g/mol. The second-order valence-corrected chi connectivity index (χ2v) is 7.17. The average Bonchev–Trinajstić information content (AvgIpc) is 3.36. The van der Waals surface area contributed by atoms with Gasteiger partial charge in [-0.2, -0.15) is 5.10 Å². The summed E-state index contributed by atoms with van der Waals surface area (Å²) in [5.74, 6) is -0.379. The molecule has 3 heterocycles. The van der Waals surface area contributed by atoms with Crippen LogP contribution < -0.4 is 0 Å². The van der Waals surface area contributed by atoms with Gasteiger partial charge in [-0.3, -0.25) is 9.89 Å². The third kappa shape index (κ3) is 2.52. The maximum Gasteiger partial charge on any atom is 0.275 e. The number of hydrogen-bond acceptors (Lipinski definition) is 2. The van der Waals surface area contributed by atoms with Crippen molar-refractivity contribution in [2.45, 2.75) is 19.4 Å². The van der Waals surface area contributed by atoms with Gasteiger partial charge in [-0.1, -0.05) is 30.3 Å². The standard InChI is InChI=1S/C22H19FN4O/c1-13-19-20(26-25-13)22(28)27(21(19)14-6-8-16(23)9-7-14)11-10-15-12-24-18-5-3-2-4-17(15)18/h2-9,12,21,24H,10-11H2,1H3,(H,25,26)/t21-/m0/s1. The summed E-state index contributed by atoms with van der Waals surface area (Å²) in [7, 11) is 0. The highest BCUT2D eigenvalue weighted by Gasteiger charge is 2.41. The number of nitrogens with one attached hydrogen (secondary N) is 2. The second kappa shape index (κ2) is 6.34. The molecule has 1 aliphatic heterocycles. The van der Waals surface area contributed by atoms with Crippen LogP contribution in [0.15, 0.2) is 54.7 Å². The van der Waals surface area contributed by atoms with E-state index in [1.165, 1.54) is 23.1 Å². The molecule has 0 fully saturated rings. The minimum Gasteiger partial charge on any atom is -0.361 e. The Balaban J connectivity index is 1.50. The fourth-order valence-corrected chi connectivity index (χ4v) is 4.15. The largest absolute Gasteiger partial charge is 0.361 e. The molecular formula is C22H19FN4O. The summed E-state index contributed by atoms with van der Waals surface area (Å²) in [6.07, 6.45) is 2.73. The normalized spacial score (nSPS) is 16.1. The number of para-hydroxylation sites is 1. The maximum absolute atomic E-state index is 13.4. The predicted molar refractivity (Wildman–Crippen MR) is 105 cm³/mol. The van der Waals surface area contributed by atoms with Gasteiger partial charge in [0.25, 0.3) is 5.91 Å². The molecule has 0 bridgehead atoms. The van der Waals surface area contributed by atoms with Crippen LogP contribution in [0.1, 0.15) is 38.9 Å². The van der Waals surface area contributed by atoms with Crippen molar-refractivity contribution in [2.24, 2.45) is 0 Å². The van der Waals surface area contributed by atoms with Crippen LogP contribution >= 0.6 is 0 Å². The number of benzene rings is 2. The third-order valence-electron chi connectivity index (χ3n) is 5.53. The Hall–Kier alpha value is -3.41. The van der Waals surface area contributed by atoms with E-state index < -0.39 is 0 Å². The molecule has 2 aromatic heterocycles. The summed E-state index contributed by atoms with van der Waals surface area (Å²) >= 11 is 0. The van der Waals surface area contributed by atoms with Gasteiger partial charge in [0.15, 0.2) is 5.69 Å². The highest BCUT2D eigenvalue weighted by Crippen LogP contribution is 2.39. The number of hydrogen-bond donors (Lipinski definition) is 2. The van der Waals surface area contributed by atoms with E-state index in [4.69, 9.17) is 0 Å². The molecule has 2 aromatic carbocycles. The van der Waals surface area contributed by atoms with E-state index in [0.29, 0.717) is 12.2 Å². The molecule has 0 radical (unpaired) electrons. The van der Waals surface area contributed by atoms with E-state index in [-0.39, 0.29) is 17.8 Å². The van der Waals surface area contributed by atoms with Crippen LogP contribution in [0.3, 0.4) is 0 Å².